The standard InChI is InChI=1S/C6F10O3.C3H6O3/c7-3(8,5(11,12)13)1(17)19-2(18)4(9,10)6(14,15)16;1-2-6-3(4)5/h;2H2,1H3,(H,4,5). The average molecular weight is 400 g/mol. The minimum Gasteiger partial charge on any atom is -0.450 e. The first-order valence-electron chi connectivity index (χ1n) is 5.33. The number of hydrogen-bond donors (Lipinski definition) is 1. The average Bonchev–Trinajstić information content (AvgIpc) is 2.36. The maximum atomic E-state index is 12.1. The van der Waals surface area contributed by atoms with Crippen molar-refractivity contribution in [2.45, 2.75) is 31.1 Å². The molecule has 0 radical (unpaired) electrons. The third-order valence-electron chi connectivity index (χ3n) is 1.68. The summed E-state index contributed by atoms with van der Waals surface area (Å²) in [6, 6.07) is 0. The van der Waals surface area contributed by atoms with Gasteiger partial charge in [0.1, 0.15) is 0 Å². The fourth-order valence-corrected chi connectivity index (χ4v) is 0.567. The normalized spacial score (nSPS) is 12.6. The topological polar surface area (TPSA) is 89.9 Å². The lowest BCUT2D eigenvalue weighted by Gasteiger charge is -2.20. The number of halogens is 10. The largest absolute Gasteiger partial charge is 0.505 e. The highest BCUT2D eigenvalue weighted by Crippen LogP contribution is 2.39. The summed E-state index contributed by atoms with van der Waals surface area (Å²) in [5, 5.41) is 7.69. The van der Waals surface area contributed by atoms with Gasteiger partial charge in [-0.15, -0.1) is 0 Å². The van der Waals surface area contributed by atoms with Gasteiger partial charge in [-0.2, -0.15) is 43.9 Å². The molecule has 0 rings (SSSR count). The van der Waals surface area contributed by atoms with Crippen LogP contribution in [-0.2, 0) is 19.1 Å². The number of carbonyl (C=O) groups is 3. The molecule has 0 aliphatic heterocycles. The summed E-state index contributed by atoms with van der Waals surface area (Å²) in [4.78, 5) is 29.5. The van der Waals surface area contributed by atoms with Crippen LogP contribution >= 0.6 is 0 Å². The molecule has 25 heavy (non-hydrogen) atoms. The van der Waals surface area contributed by atoms with E-state index in [1.807, 2.05) is 0 Å². The Morgan fingerprint density at radius 2 is 1.04 bits per heavy atom. The molecule has 0 aromatic rings. The number of alkyl halides is 10. The van der Waals surface area contributed by atoms with Gasteiger partial charge in [0.2, 0.25) is 0 Å². The van der Waals surface area contributed by atoms with Gasteiger partial charge in [0.25, 0.3) is 0 Å². The molecule has 0 amide bonds. The molecule has 0 aromatic heterocycles. The first-order chi connectivity index (χ1) is 10.8. The highest BCUT2D eigenvalue weighted by molar-refractivity contribution is 5.93. The van der Waals surface area contributed by atoms with Gasteiger partial charge in [-0.1, -0.05) is 0 Å². The zero-order valence-electron chi connectivity index (χ0n) is 11.5. The van der Waals surface area contributed by atoms with E-state index in [9.17, 15) is 58.3 Å². The Hall–Kier alpha value is -2.29. The van der Waals surface area contributed by atoms with Crippen molar-refractivity contribution in [2.24, 2.45) is 0 Å². The van der Waals surface area contributed by atoms with Crippen molar-refractivity contribution in [1.82, 2.24) is 0 Å². The first-order valence-corrected chi connectivity index (χ1v) is 5.33. The SMILES string of the molecule is CCOC(=O)O.O=C(OC(=O)C(F)(F)C(F)(F)F)C(F)(F)C(F)(F)F. The molecule has 6 nitrogen and oxygen atoms in total. The highest BCUT2D eigenvalue weighted by atomic mass is 19.4. The predicted octanol–water partition coefficient (Wildman–Crippen LogP) is 3.15. The Labute approximate surface area is 130 Å². The first kappa shape index (κ1) is 25.0. The second-order valence-corrected chi connectivity index (χ2v) is 3.52. The van der Waals surface area contributed by atoms with E-state index < -0.39 is 42.3 Å². The summed E-state index contributed by atoms with van der Waals surface area (Å²) >= 11 is 0. The maximum absolute atomic E-state index is 12.1. The molecule has 0 fully saturated rings. The number of carbonyl (C=O) groups excluding carboxylic acids is 2. The van der Waals surface area contributed by atoms with Crippen LogP contribution in [0.3, 0.4) is 0 Å². The van der Waals surface area contributed by atoms with Crippen molar-refractivity contribution in [1.29, 1.82) is 0 Å². The third-order valence-corrected chi connectivity index (χ3v) is 1.68. The summed E-state index contributed by atoms with van der Waals surface area (Å²) in [5.74, 6) is -20.6. The van der Waals surface area contributed by atoms with Crippen molar-refractivity contribution in [3.8, 4) is 0 Å². The predicted molar refractivity (Wildman–Crippen MR) is 52.8 cm³/mol. The van der Waals surface area contributed by atoms with Crippen LogP contribution in [0.4, 0.5) is 48.7 Å². The lowest BCUT2D eigenvalue weighted by molar-refractivity contribution is -0.292. The van der Waals surface area contributed by atoms with Crippen molar-refractivity contribution >= 4 is 18.1 Å². The molecule has 16 heteroatoms. The molecular formula is C9H6F10O6. The van der Waals surface area contributed by atoms with Crippen LogP contribution in [0.5, 0.6) is 0 Å². The molecule has 0 saturated heterocycles. The van der Waals surface area contributed by atoms with Crippen molar-refractivity contribution < 1.29 is 72.9 Å². The monoisotopic (exact) mass is 400 g/mol. The number of rotatable bonds is 3. The van der Waals surface area contributed by atoms with Gasteiger partial charge in [0.05, 0.1) is 6.61 Å². The fourth-order valence-electron chi connectivity index (χ4n) is 0.567. The van der Waals surface area contributed by atoms with Crippen molar-refractivity contribution in [3.05, 3.63) is 0 Å². The van der Waals surface area contributed by atoms with E-state index in [0.29, 0.717) is 0 Å². The summed E-state index contributed by atoms with van der Waals surface area (Å²) in [6.07, 6.45) is -14.5. The Balaban J connectivity index is 0. The van der Waals surface area contributed by atoms with E-state index >= 15 is 0 Å². The highest BCUT2D eigenvalue weighted by Gasteiger charge is 2.69. The van der Waals surface area contributed by atoms with Crippen LogP contribution in [0, 0.1) is 0 Å². The van der Waals surface area contributed by atoms with Crippen LogP contribution in [0.15, 0.2) is 0 Å². The second kappa shape index (κ2) is 8.19. The number of esters is 2. The van der Waals surface area contributed by atoms with E-state index in [4.69, 9.17) is 5.11 Å². The third kappa shape index (κ3) is 7.00. The van der Waals surface area contributed by atoms with Crippen molar-refractivity contribution in [2.75, 3.05) is 6.61 Å². The molecule has 148 valence electrons. The Bertz CT molecular complexity index is 458. The van der Waals surface area contributed by atoms with E-state index in [1.165, 1.54) is 0 Å². The van der Waals surface area contributed by atoms with Crippen molar-refractivity contribution in [3.63, 3.8) is 0 Å². The van der Waals surface area contributed by atoms with Gasteiger partial charge in [0, 0.05) is 0 Å². The van der Waals surface area contributed by atoms with Gasteiger partial charge in [-0.25, -0.2) is 14.4 Å². The number of hydrogen-bond acceptors (Lipinski definition) is 5. The van der Waals surface area contributed by atoms with Crippen LogP contribution in [0.25, 0.3) is 0 Å². The lowest BCUT2D eigenvalue weighted by atomic mass is 10.3. The van der Waals surface area contributed by atoms with Crippen LogP contribution < -0.4 is 0 Å². The fraction of sp³-hybridized carbons (Fsp3) is 0.667. The second-order valence-electron chi connectivity index (χ2n) is 3.52. The minimum absolute atomic E-state index is 0.231. The zero-order valence-corrected chi connectivity index (χ0v) is 11.5. The molecule has 0 bridgehead atoms. The molecule has 0 aliphatic carbocycles. The van der Waals surface area contributed by atoms with E-state index in [0.717, 1.165) is 0 Å². The molecule has 1 N–H and O–H groups in total. The Kier molecular flexibility index (Phi) is 8.18. The molecule has 0 saturated carbocycles. The molecule has 0 heterocycles. The summed E-state index contributed by atoms with van der Waals surface area (Å²) < 4.78 is 123. The quantitative estimate of drug-likeness (QED) is 0.445. The maximum Gasteiger partial charge on any atom is 0.505 e. The summed E-state index contributed by atoms with van der Waals surface area (Å²) in [6.45, 7) is 1.85. The smallest absolute Gasteiger partial charge is 0.450 e. The molecule has 0 unspecified atom stereocenters. The van der Waals surface area contributed by atoms with E-state index in [1.54, 1.807) is 6.92 Å². The van der Waals surface area contributed by atoms with Gasteiger partial charge < -0.3 is 14.6 Å². The van der Waals surface area contributed by atoms with E-state index in [-0.39, 0.29) is 6.61 Å². The molecular weight excluding hydrogens is 394 g/mol. The van der Waals surface area contributed by atoms with E-state index in [2.05, 4.69) is 9.47 Å². The van der Waals surface area contributed by atoms with Gasteiger partial charge in [-0.3, -0.25) is 0 Å². The number of ether oxygens (including phenoxy) is 2. The number of carboxylic acid groups (broad SMARTS) is 1. The van der Waals surface area contributed by atoms with Gasteiger partial charge in [0.15, 0.2) is 0 Å². The minimum atomic E-state index is -6.63. The molecule has 0 aromatic carbocycles. The Morgan fingerprint density at radius 3 is 1.16 bits per heavy atom. The van der Waals surface area contributed by atoms with Crippen LogP contribution in [-0.4, -0.2) is 54.0 Å². The molecule has 0 spiro atoms. The Morgan fingerprint density at radius 1 is 0.760 bits per heavy atom. The summed E-state index contributed by atoms with van der Waals surface area (Å²) in [5.41, 5.74) is 0. The zero-order chi connectivity index (χ0) is 20.9. The molecule has 0 aliphatic rings. The lowest BCUT2D eigenvalue weighted by Crippen LogP contribution is -2.51. The van der Waals surface area contributed by atoms with Crippen LogP contribution in [0.2, 0.25) is 0 Å². The molecule has 0 atom stereocenters. The van der Waals surface area contributed by atoms with Crippen LogP contribution in [0.1, 0.15) is 6.92 Å². The van der Waals surface area contributed by atoms with Gasteiger partial charge >= 0.3 is 42.3 Å². The summed E-state index contributed by atoms with van der Waals surface area (Å²) in [7, 11) is 0. The van der Waals surface area contributed by atoms with Gasteiger partial charge in [-0.05, 0) is 6.92 Å².